The van der Waals surface area contributed by atoms with Crippen molar-refractivity contribution in [2.24, 2.45) is 0 Å². The summed E-state index contributed by atoms with van der Waals surface area (Å²) >= 11 is 0. The number of hydrogen-bond donors (Lipinski definition) is 2. The Morgan fingerprint density at radius 1 is 0.840 bits per heavy atom. The van der Waals surface area contributed by atoms with Crippen molar-refractivity contribution in [3.8, 4) is 0 Å². The minimum absolute atomic E-state index is 0.518. The highest BCUT2D eigenvalue weighted by Gasteiger charge is 2.32. The molecule has 4 rings (SSSR count). The van der Waals surface area contributed by atoms with E-state index in [0.717, 1.165) is 27.6 Å². The van der Waals surface area contributed by atoms with Crippen LogP contribution in [-0.4, -0.2) is 10.1 Å². The molecule has 0 unspecified atom stereocenters. The predicted octanol–water partition coefficient (Wildman–Crippen LogP) is 4.95. The van der Waals surface area contributed by atoms with Crippen LogP contribution in [-0.2, 0) is 12.0 Å². The van der Waals surface area contributed by atoms with E-state index in [1.807, 2.05) is 66.9 Å². The standard InChI is InChI=1S/C23H21NO/c1-17-12-13-21-18(16-24-22(21)14-17)15-23(25,19-8-4-2-5-9-19)20-10-6-3-7-11-20/h2-14,16,24-25H,15H2,1H3. The van der Waals surface area contributed by atoms with Crippen LogP contribution in [0, 0.1) is 6.92 Å². The minimum Gasteiger partial charge on any atom is -0.380 e. The second-order valence-corrected chi connectivity index (χ2v) is 6.63. The minimum atomic E-state index is -1.07. The van der Waals surface area contributed by atoms with Crippen LogP contribution in [0.25, 0.3) is 10.9 Å². The molecule has 0 saturated carbocycles. The zero-order chi connectivity index (χ0) is 17.3. The Morgan fingerprint density at radius 2 is 1.44 bits per heavy atom. The number of benzene rings is 3. The molecule has 0 fully saturated rings. The number of rotatable bonds is 4. The molecule has 2 N–H and O–H groups in total. The Kier molecular flexibility index (Phi) is 3.90. The number of fused-ring (bicyclic) bond motifs is 1. The molecule has 25 heavy (non-hydrogen) atoms. The summed E-state index contributed by atoms with van der Waals surface area (Å²) in [5.74, 6) is 0. The zero-order valence-corrected chi connectivity index (χ0v) is 14.2. The molecule has 124 valence electrons. The molecule has 0 aliphatic carbocycles. The Balaban J connectivity index is 1.84. The molecular weight excluding hydrogens is 306 g/mol. The molecule has 2 heteroatoms. The lowest BCUT2D eigenvalue weighted by atomic mass is 9.81. The Morgan fingerprint density at radius 3 is 2.04 bits per heavy atom. The summed E-state index contributed by atoms with van der Waals surface area (Å²) < 4.78 is 0. The van der Waals surface area contributed by atoms with E-state index >= 15 is 0 Å². The maximum absolute atomic E-state index is 11.7. The van der Waals surface area contributed by atoms with Crippen molar-refractivity contribution in [1.29, 1.82) is 0 Å². The van der Waals surface area contributed by atoms with E-state index in [-0.39, 0.29) is 0 Å². The first-order valence-electron chi connectivity index (χ1n) is 8.57. The van der Waals surface area contributed by atoms with Crippen molar-refractivity contribution in [2.45, 2.75) is 18.9 Å². The molecule has 1 aromatic heterocycles. The van der Waals surface area contributed by atoms with Gasteiger partial charge >= 0.3 is 0 Å². The molecule has 3 aromatic carbocycles. The fraction of sp³-hybridized carbons (Fsp3) is 0.130. The van der Waals surface area contributed by atoms with Crippen LogP contribution >= 0.6 is 0 Å². The smallest absolute Gasteiger partial charge is 0.119 e. The zero-order valence-electron chi connectivity index (χ0n) is 14.2. The van der Waals surface area contributed by atoms with E-state index < -0.39 is 5.60 Å². The van der Waals surface area contributed by atoms with Crippen LogP contribution in [0.2, 0.25) is 0 Å². The summed E-state index contributed by atoms with van der Waals surface area (Å²) in [5.41, 5.74) is 4.19. The number of aromatic nitrogens is 1. The van der Waals surface area contributed by atoms with Gasteiger partial charge in [0.15, 0.2) is 0 Å². The van der Waals surface area contributed by atoms with E-state index in [1.165, 1.54) is 5.56 Å². The quantitative estimate of drug-likeness (QED) is 0.546. The summed E-state index contributed by atoms with van der Waals surface area (Å²) in [6, 6.07) is 26.2. The largest absolute Gasteiger partial charge is 0.380 e. The molecule has 0 bridgehead atoms. The van der Waals surface area contributed by atoms with Gasteiger partial charge in [0.1, 0.15) is 5.60 Å². The number of aliphatic hydroxyl groups is 1. The highest BCUT2D eigenvalue weighted by atomic mass is 16.3. The second-order valence-electron chi connectivity index (χ2n) is 6.63. The van der Waals surface area contributed by atoms with E-state index in [1.54, 1.807) is 0 Å². The number of nitrogens with one attached hydrogen (secondary N) is 1. The van der Waals surface area contributed by atoms with Crippen molar-refractivity contribution in [2.75, 3.05) is 0 Å². The maximum atomic E-state index is 11.7. The van der Waals surface area contributed by atoms with Crippen molar-refractivity contribution in [3.63, 3.8) is 0 Å². The number of aryl methyl sites for hydroxylation is 1. The van der Waals surface area contributed by atoms with Gasteiger partial charge in [0.25, 0.3) is 0 Å². The second kappa shape index (κ2) is 6.23. The van der Waals surface area contributed by atoms with Gasteiger partial charge in [-0.3, -0.25) is 0 Å². The van der Waals surface area contributed by atoms with Crippen LogP contribution in [0.5, 0.6) is 0 Å². The third-order valence-corrected chi connectivity index (χ3v) is 4.87. The number of aromatic amines is 1. The summed E-state index contributed by atoms with van der Waals surface area (Å²) in [6.07, 6.45) is 2.53. The predicted molar refractivity (Wildman–Crippen MR) is 103 cm³/mol. The monoisotopic (exact) mass is 327 g/mol. The van der Waals surface area contributed by atoms with Crippen molar-refractivity contribution in [3.05, 3.63) is 107 Å². The van der Waals surface area contributed by atoms with Crippen LogP contribution in [0.15, 0.2) is 85.1 Å². The molecule has 1 heterocycles. The molecule has 0 amide bonds. The van der Waals surface area contributed by atoms with E-state index in [2.05, 4.69) is 30.1 Å². The third-order valence-electron chi connectivity index (χ3n) is 4.87. The summed E-state index contributed by atoms with van der Waals surface area (Å²) in [5, 5.41) is 12.9. The average Bonchev–Trinajstić information content (AvgIpc) is 3.04. The first-order valence-corrected chi connectivity index (χ1v) is 8.57. The fourth-order valence-electron chi connectivity index (χ4n) is 3.52. The van der Waals surface area contributed by atoms with Crippen LogP contribution in [0.4, 0.5) is 0 Å². The molecule has 4 aromatic rings. The molecule has 0 atom stereocenters. The molecule has 0 saturated heterocycles. The van der Waals surface area contributed by atoms with Gasteiger partial charge in [-0.1, -0.05) is 72.8 Å². The first-order chi connectivity index (χ1) is 12.2. The average molecular weight is 327 g/mol. The molecular formula is C23H21NO. The molecule has 0 aliphatic heterocycles. The molecule has 0 spiro atoms. The van der Waals surface area contributed by atoms with Gasteiger partial charge in [0.2, 0.25) is 0 Å². The lowest BCUT2D eigenvalue weighted by molar-refractivity contribution is 0.0815. The van der Waals surface area contributed by atoms with Crippen molar-refractivity contribution < 1.29 is 5.11 Å². The fourth-order valence-corrected chi connectivity index (χ4v) is 3.52. The highest BCUT2D eigenvalue weighted by molar-refractivity contribution is 5.84. The van der Waals surface area contributed by atoms with Gasteiger partial charge in [-0.2, -0.15) is 0 Å². The third kappa shape index (κ3) is 2.86. The lowest BCUT2D eigenvalue weighted by Gasteiger charge is -2.29. The lowest BCUT2D eigenvalue weighted by Crippen LogP contribution is -2.30. The van der Waals surface area contributed by atoms with E-state index in [4.69, 9.17) is 0 Å². The topological polar surface area (TPSA) is 36.0 Å². The Hall–Kier alpha value is -2.84. The van der Waals surface area contributed by atoms with Crippen molar-refractivity contribution >= 4 is 10.9 Å². The normalized spacial score (nSPS) is 11.8. The highest BCUT2D eigenvalue weighted by Crippen LogP contribution is 2.35. The van der Waals surface area contributed by atoms with E-state index in [9.17, 15) is 5.11 Å². The molecule has 2 nitrogen and oxygen atoms in total. The van der Waals surface area contributed by atoms with Crippen LogP contribution < -0.4 is 0 Å². The van der Waals surface area contributed by atoms with Crippen LogP contribution in [0.3, 0.4) is 0 Å². The number of hydrogen-bond acceptors (Lipinski definition) is 1. The van der Waals surface area contributed by atoms with Crippen LogP contribution in [0.1, 0.15) is 22.3 Å². The van der Waals surface area contributed by atoms with Gasteiger partial charge in [0.05, 0.1) is 0 Å². The summed E-state index contributed by atoms with van der Waals surface area (Å²) in [4.78, 5) is 3.34. The summed E-state index contributed by atoms with van der Waals surface area (Å²) in [7, 11) is 0. The van der Waals surface area contributed by atoms with Crippen molar-refractivity contribution in [1.82, 2.24) is 4.98 Å². The Labute approximate surface area is 147 Å². The van der Waals surface area contributed by atoms with Gasteiger partial charge in [-0.15, -0.1) is 0 Å². The number of H-pyrrole nitrogens is 1. The first kappa shape index (κ1) is 15.7. The van der Waals surface area contributed by atoms with E-state index in [0.29, 0.717) is 6.42 Å². The van der Waals surface area contributed by atoms with Gasteiger partial charge in [-0.05, 0) is 35.2 Å². The summed E-state index contributed by atoms with van der Waals surface area (Å²) in [6.45, 7) is 2.09. The molecule has 0 aliphatic rings. The maximum Gasteiger partial charge on any atom is 0.119 e. The molecule has 0 radical (unpaired) electrons. The van der Waals surface area contributed by atoms with Gasteiger partial charge in [-0.25, -0.2) is 0 Å². The van der Waals surface area contributed by atoms with Gasteiger partial charge < -0.3 is 10.1 Å². The van der Waals surface area contributed by atoms with Gasteiger partial charge in [0, 0.05) is 23.5 Å². The SMILES string of the molecule is Cc1ccc2c(CC(O)(c3ccccc3)c3ccccc3)c[nH]c2c1. The Bertz CT molecular complexity index is 947.